The second kappa shape index (κ2) is 7.83. The molecule has 4 rings (SSSR count). The van der Waals surface area contributed by atoms with Gasteiger partial charge in [0.2, 0.25) is 12.6 Å². The van der Waals surface area contributed by atoms with E-state index in [0.717, 1.165) is 5.56 Å². The molecule has 8 nitrogen and oxygen atoms in total. The van der Waals surface area contributed by atoms with E-state index in [1.165, 1.54) is 0 Å². The fourth-order valence-corrected chi connectivity index (χ4v) is 3.06. The molecule has 0 fully saturated rings. The second-order valence-corrected chi connectivity index (χ2v) is 7.21. The molecule has 1 aliphatic rings. The first-order chi connectivity index (χ1) is 14.0. The van der Waals surface area contributed by atoms with Crippen molar-refractivity contribution in [2.75, 3.05) is 13.3 Å². The van der Waals surface area contributed by atoms with Crippen molar-refractivity contribution >= 4 is 17.3 Å². The maximum Gasteiger partial charge on any atom is 0.287 e. The van der Waals surface area contributed by atoms with E-state index in [2.05, 4.69) is 15.6 Å². The molecule has 3 aromatic rings. The maximum absolute atomic E-state index is 12.8. The molecule has 29 heavy (non-hydrogen) atoms. The molecule has 0 saturated heterocycles. The monoisotopic (exact) mass is 394 g/mol. The molecule has 3 heterocycles. The highest BCUT2D eigenvalue weighted by Crippen LogP contribution is 2.32. The van der Waals surface area contributed by atoms with Gasteiger partial charge in [-0.15, -0.1) is 0 Å². The average Bonchev–Trinajstić information content (AvgIpc) is 3.34. The van der Waals surface area contributed by atoms with Crippen LogP contribution in [-0.2, 0) is 6.54 Å². The predicted molar refractivity (Wildman–Crippen MR) is 106 cm³/mol. The molecule has 0 radical (unpaired) electrons. The molecule has 0 unspecified atom stereocenters. The van der Waals surface area contributed by atoms with E-state index >= 15 is 0 Å². The van der Waals surface area contributed by atoms with E-state index in [-0.39, 0.29) is 30.1 Å². The molecule has 0 saturated carbocycles. The van der Waals surface area contributed by atoms with Crippen LogP contribution in [0.5, 0.6) is 11.5 Å². The molecule has 2 aromatic heterocycles. The lowest BCUT2D eigenvalue weighted by atomic mass is 10.2. The van der Waals surface area contributed by atoms with Crippen LogP contribution in [0.2, 0.25) is 0 Å². The van der Waals surface area contributed by atoms with Crippen LogP contribution in [0.15, 0.2) is 42.6 Å². The van der Waals surface area contributed by atoms with Gasteiger partial charge >= 0.3 is 0 Å². The van der Waals surface area contributed by atoms with Gasteiger partial charge in [-0.25, -0.2) is 4.98 Å². The van der Waals surface area contributed by atoms with Crippen LogP contribution in [0, 0.1) is 5.92 Å². The first kappa shape index (κ1) is 18.8. The number of aromatic nitrogens is 2. The summed E-state index contributed by atoms with van der Waals surface area (Å²) in [5.74, 6) is 1.17. The summed E-state index contributed by atoms with van der Waals surface area (Å²) in [5, 5.41) is 5.70. The lowest BCUT2D eigenvalue weighted by Gasteiger charge is -2.06. The van der Waals surface area contributed by atoms with E-state index in [9.17, 15) is 9.59 Å². The number of nitrogens with one attached hydrogen (secondary N) is 2. The summed E-state index contributed by atoms with van der Waals surface area (Å²) in [7, 11) is 0. The largest absolute Gasteiger partial charge is 0.454 e. The first-order valence-corrected chi connectivity index (χ1v) is 9.45. The Hall–Kier alpha value is -3.55. The highest BCUT2D eigenvalue weighted by molar-refractivity contribution is 6.02. The number of rotatable bonds is 6. The van der Waals surface area contributed by atoms with Crippen molar-refractivity contribution < 1.29 is 19.1 Å². The van der Waals surface area contributed by atoms with Crippen LogP contribution < -0.4 is 20.1 Å². The Balaban J connectivity index is 1.53. The highest BCUT2D eigenvalue weighted by atomic mass is 16.7. The molecule has 2 N–H and O–H groups in total. The number of pyridine rings is 1. The fourth-order valence-electron chi connectivity index (χ4n) is 3.06. The van der Waals surface area contributed by atoms with Gasteiger partial charge in [-0.05, 0) is 35.7 Å². The van der Waals surface area contributed by atoms with Crippen molar-refractivity contribution in [3.05, 3.63) is 59.7 Å². The van der Waals surface area contributed by atoms with Crippen molar-refractivity contribution in [3.8, 4) is 11.5 Å². The Kier molecular flexibility index (Phi) is 5.07. The molecule has 0 atom stereocenters. The molecule has 0 aliphatic carbocycles. The van der Waals surface area contributed by atoms with E-state index < -0.39 is 0 Å². The van der Waals surface area contributed by atoms with Crippen molar-refractivity contribution in [2.24, 2.45) is 5.92 Å². The number of amides is 2. The SMILES string of the molecule is CC(C)CNC(=O)c1nc(C(=O)NCc2ccc3c(c2)OCO3)n2ccccc12. The minimum atomic E-state index is -0.369. The average molecular weight is 394 g/mol. The fraction of sp³-hybridized carbons (Fsp3) is 0.286. The van der Waals surface area contributed by atoms with Gasteiger partial charge in [0.1, 0.15) is 0 Å². The van der Waals surface area contributed by atoms with Gasteiger partial charge in [0, 0.05) is 19.3 Å². The number of benzene rings is 1. The number of ether oxygens (including phenoxy) is 2. The minimum Gasteiger partial charge on any atom is -0.454 e. The summed E-state index contributed by atoms with van der Waals surface area (Å²) in [6.07, 6.45) is 1.72. The normalized spacial score (nSPS) is 12.4. The van der Waals surface area contributed by atoms with Crippen molar-refractivity contribution in [2.45, 2.75) is 20.4 Å². The molecule has 0 spiro atoms. The van der Waals surface area contributed by atoms with Crippen LogP contribution in [-0.4, -0.2) is 34.5 Å². The molecule has 1 aliphatic heterocycles. The Morgan fingerprint density at radius 1 is 1.10 bits per heavy atom. The van der Waals surface area contributed by atoms with Gasteiger partial charge in [0.15, 0.2) is 17.2 Å². The van der Waals surface area contributed by atoms with E-state index in [1.807, 2.05) is 38.1 Å². The molecule has 150 valence electrons. The zero-order chi connectivity index (χ0) is 20.4. The summed E-state index contributed by atoms with van der Waals surface area (Å²) >= 11 is 0. The number of carbonyl (C=O) groups is 2. The first-order valence-electron chi connectivity index (χ1n) is 9.45. The van der Waals surface area contributed by atoms with Crippen LogP contribution in [0.4, 0.5) is 0 Å². The number of nitrogens with zero attached hydrogens (tertiary/aromatic N) is 2. The number of hydrogen-bond donors (Lipinski definition) is 2. The number of carbonyl (C=O) groups excluding carboxylic acids is 2. The number of imidazole rings is 1. The molecule has 2 amide bonds. The van der Waals surface area contributed by atoms with Crippen LogP contribution in [0.3, 0.4) is 0 Å². The van der Waals surface area contributed by atoms with Crippen molar-refractivity contribution in [1.29, 1.82) is 0 Å². The molecule has 8 heteroatoms. The Morgan fingerprint density at radius 2 is 1.93 bits per heavy atom. The van der Waals surface area contributed by atoms with Crippen molar-refractivity contribution in [1.82, 2.24) is 20.0 Å². The topological polar surface area (TPSA) is 94.0 Å². The lowest BCUT2D eigenvalue weighted by molar-refractivity contribution is 0.0939. The molecule has 0 bridgehead atoms. The zero-order valence-electron chi connectivity index (χ0n) is 16.3. The highest BCUT2D eigenvalue weighted by Gasteiger charge is 2.21. The number of fused-ring (bicyclic) bond motifs is 2. The van der Waals surface area contributed by atoms with Gasteiger partial charge in [-0.2, -0.15) is 0 Å². The summed E-state index contributed by atoms with van der Waals surface area (Å²) < 4.78 is 12.3. The summed E-state index contributed by atoms with van der Waals surface area (Å²) in [6, 6.07) is 10.9. The molecule has 1 aromatic carbocycles. The molecular formula is C21H22N4O4. The zero-order valence-corrected chi connectivity index (χ0v) is 16.3. The smallest absolute Gasteiger partial charge is 0.287 e. The third kappa shape index (κ3) is 3.87. The van der Waals surface area contributed by atoms with Crippen LogP contribution in [0.1, 0.15) is 40.5 Å². The van der Waals surface area contributed by atoms with Crippen LogP contribution >= 0.6 is 0 Å². The standard InChI is InChI=1S/C21H22N4O4/c1-13(2)10-22-20(26)18-15-5-3-4-8-25(15)19(24-18)21(27)23-11-14-6-7-16-17(9-14)29-12-28-16/h3-9,13H,10-12H2,1-2H3,(H,22,26)(H,23,27). The lowest BCUT2D eigenvalue weighted by Crippen LogP contribution is -2.28. The van der Waals surface area contributed by atoms with Crippen LogP contribution in [0.25, 0.3) is 5.52 Å². The Labute approximate surface area is 167 Å². The van der Waals surface area contributed by atoms with E-state index in [4.69, 9.17) is 9.47 Å². The number of hydrogen-bond acceptors (Lipinski definition) is 5. The Bertz CT molecular complexity index is 1070. The van der Waals surface area contributed by atoms with Gasteiger partial charge in [0.05, 0.1) is 5.52 Å². The quantitative estimate of drug-likeness (QED) is 0.670. The minimum absolute atomic E-state index is 0.163. The third-order valence-electron chi connectivity index (χ3n) is 4.53. The summed E-state index contributed by atoms with van der Waals surface area (Å²) in [5.41, 5.74) is 1.69. The van der Waals surface area contributed by atoms with E-state index in [0.29, 0.717) is 36.0 Å². The maximum atomic E-state index is 12.8. The summed E-state index contributed by atoms with van der Waals surface area (Å²) in [6.45, 7) is 5.07. The van der Waals surface area contributed by atoms with Gasteiger partial charge in [-0.1, -0.05) is 26.0 Å². The van der Waals surface area contributed by atoms with Crippen molar-refractivity contribution in [3.63, 3.8) is 0 Å². The van der Waals surface area contributed by atoms with E-state index in [1.54, 1.807) is 22.7 Å². The van der Waals surface area contributed by atoms with Gasteiger partial charge in [-0.3, -0.25) is 14.0 Å². The summed E-state index contributed by atoms with van der Waals surface area (Å²) in [4.78, 5) is 29.7. The van der Waals surface area contributed by atoms with Gasteiger partial charge in [0.25, 0.3) is 11.8 Å². The second-order valence-electron chi connectivity index (χ2n) is 7.21. The third-order valence-corrected chi connectivity index (χ3v) is 4.53. The Morgan fingerprint density at radius 3 is 2.76 bits per heavy atom. The molecular weight excluding hydrogens is 372 g/mol. The predicted octanol–water partition coefficient (Wildman–Crippen LogP) is 2.38. The van der Waals surface area contributed by atoms with Gasteiger partial charge < -0.3 is 20.1 Å².